The summed E-state index contributed by atoms with van der Waals surface area (Å²) in [6.07, 6.45) is 0. The van der Waals surface area contributed by atoms with Crippen LogP contribution in [0.5, 0.6) is 0 Å². The molecule has 16 heavy (non-hydrogen) atoms. The van der Waals surface area contributed by atoms with Gasteiger partial charge in [-0.25, -0.2) is 0 Å². The number of anilines is 2. The monoisotopic (exact) mass is 223 g/mol. The predicted molar refractivity (Wildman–Crippen MR) is 63.0 cm³/mol. The molecule has 0 fully saturated rings. The summed E-state index contributed by atoms with van der Waals surface area (Å²) in [7, 11) is 0. The Balaban J connectivity index is 2.67. The lowest BCUT2D eigenvalue weighted by atomic mass is 10.4. The molecule has 0 aliphatic carbocycles. The van der Waals surface area contributed by atoms with Crippen LogP contribution in [-0.2, 0) is 4.79 Å². The van der Waals surface area contributed by atoms with Crippen molar-refractivity contribution in [2.24, 2.45) is 0 Å². The van der Waals surface area contributed by atoms with Gasteiger partial charge in [0.15, 0.2) is 5.82 Å². The number of nitrogens with zero attached hydrogens (tertiary/aromatic N) is 3. The molecular formula is C10H17N5O. The highest BCUT2D eigenvalue weighted by atomic mass is 16.2. The number of hydrogen-bond acceptors (Lipinski definition) is 5. The van der Waals surface area contributed by atoms with E-state index in [2.05, 4.69) is 15.5 Å². The molecule has 88 valence electrons. The van der Waals surface area contributed by atoms with E-state index in [1.54, 1.807) is 12.1 Å². The number of rotatable bonds is 5. The van der Waals surface area contributed by atoms with Gasteiger partial charge in [0.1, 0.15) is 5.82 Å². The van der Waals surface area contributed by atoms with Crippen LogP contribution in [0.15, 0.2) is 12.1 Å². The topological polar surface area (TPSA) is 84.1 Å². The van der Waals surface area contributed by atoms with E-state index in [0.717, 1.165) is 0 Å². The normalized spacial score (nSPS) is 9.88. The van der Waals surface area contributed by atoms with Gasteiger partial charge in [-0.3, -0.25) is 4.79 Å². The van der Waals surface area contributed by atoms with Crippen LogP contribution >= 0.6 is 0 Å². The van der Waals surface area contributed by atoms with Crippen molar-refractivity contribution in [1.82, 2.24) is 15.5 Å². The van der Waals surface area contributed by atoms with E-state index in [1.165, 1.54) is 0 Å². The summed E-state index contributed by atoms with van der Waals surface area (Å²) < 4.78 is 0. The average molecular weight is 223 g/mol. The molecule has 6 nitrogen and oxygen atoms in total. The smallest absolute Gasteiger partial charge is 0.239 e. The predicted octanol–water partition coefficient (Wildman–Crippen LogP) is 0.0212. The number of aromatic nitrogens is 2. The fourth-order valence-corrected chi connectivity index (χ4v) is 1.29. The molecule has 1 aromatic heterocycles. The molecular weight excluding hydrogens is 206 g/mol. The maximum Gasteiger partial charge on any atom is 0.239 e. The van der Waals surface area contributed by atoms with Gasteiger partial charge < -0.3 is 16.0 Å². The summed E-state index contributed by atoms with van der Waals surface area (Å²) in [4.78, 5) is 13.3. The largest absolute Gasteiger partial charge is 0.382 e. The number of carbonyl (C=O) groups is 1. The van der Waals surface area contributed by atoms with Crippen LogP contribution in [0.3, 0.4) is 0 Å². The van der Waals surface area contributed by atoms with Crippen LogP contribution in [-0.4, -0.2) is 35.7 Å². The third-order valence-electron chi connectivity index (χ3n) is 2.09. The molecule has 0 saturated heterocycles. The third kappa shape index (κ3) is 3.38. The number of carbonyl (C=O) groups excluding carboxylic acids is 1. The van der Waals surface area contributed by atoms with Crippen LogP contribution in [0.25, 0.3) is 0 Å². The Morgan fingerprint density at radius 2 is 2.19 bits per heavy atom. The van der Waals surface area contributed by atoms with Crippen LogP contribution in [0.4, 0.5) is 11.6 Å². The minimum atomic E-state index is -0.0250. The van der Waals surface area contributed by atoms with Crippen molar-refractivity contribution in [2.45, 2.75) is 13.8 Å². The lowest BCUT2D eigenvalue weighted by Crippen LogP contribution is -2.37. The molecule has 0 aromatic carbocycles. The Morgan fingerprint density at radius 3 is 2.69 bits per heavy atom. The summed E-state index contributed by atoms with van der Waals surface area (Å²) in [5, 5.41) is 10.4. The Morgan fingerprint density at radius 1 is 1.44 bits per heavy atom. The molecule has 3 N–H and O–H groups in total. The van der Waals surface area contributed by atoms with E-state index in [1.807, 2.05) is 18.7 Å². The molecule has 1 rings (SSSR count). The average Bonchev–Trinajstić information content (AvgIpc) is 2.27. The lowest BCUT2D eigenvalue weighted by molar-refractivity contribution is -0.119. The van der Waals surface area contributed by atoms with Gasteiger partial charge >= 0.3 is 0 Å². The highest BCUT2D eigenvalue weighted by Gasteiger charge is 2.10. The first-order chi connectivity index (χ1) is 7.67. The molecule has 0 saturated carbocycles. The van der Waals surface area contributed by atoms with Crippen LogP contribution < -0.4 is 16.0 Å². The maximum absolute atomic E-state index is 11.4. The van der Waals surface area contributed by atoms with E-state index in [9.17, 15) is 4.79 Å². The molecule has 0 radical (unpaired) electrons. The number of amides is 1. The summed E-state index contributed by atoms with van der Waals surface area (Å²) in [6.45, 7) is 5.44. The second-order valence-corrected chi connectivity index (χ2v) is 3.28. The summed E-state index contributed by atoms with van der Waals surface area (Å²) in [5.41, 5.74) is 5.45. The molecule has 0 aliphatic heterocycles. The minimum absolute atomic E-state index is 0.0250. The van der Waals surface area contributed by atoms with Crippen molar-refractivity contribution < 1.29 is 4.79 Å². The van der Waals surface area contributed by atoms with Gasteiger partial charge in [-0.05, 0) is 26.0 Å². The van der Waals surface area contributed by atoms with E-state index in [-0.39, 0.29) is 12.5 Å². The first-order valence-electron chi connectivity index (χ1n) is 5.28. The first-order valence-corrected chi connectivity index (χ1v) is 5.28. The molecule has 0 aliphatic rings. The number of likely N-dealkylation sites (N-methyl/N-ethyl adjacent to an activating group) is 2. The summed E-state index contributed by atoms with van der Waals surface area (Å²) in [5.74, 6) is 1.00. The van der Waals surface area contributed by atoms with Crippen molar-refractivity contribution in [3.8, 4) is 0 Å². The standard InChI is InChI=1S/C10H17N5O/c1-3-12-10(16)7-15(4-2)9-6-5-8(11)13-14-9/h5-6H,3-4,7H2,1-2H3,(H2,11,13)(H,12,16). The van der Waals surface area contributed by atoms with E-state index in [0.29, 0.717) is 24.7 Å². The quantitative estimate of drug-likeness (QED) is 0.735. The van der Waals surface area contributed by atoms with Gasteiger partial charge in [-0.2, -0.15) is 0 Å². The summed E-state index contributed by atoms with van der Waals surface area (Å²) >= 11 is 0. The van der Waals surface area contributed by atoms with Gasteiger partial charge in [-0.15, -0.1) is 10.2 Å². The van der Waals surface area contributed by atoms with E-state index >= 15 is 0 Å². The maximum atomic E-state index is 11.4. The molecule has 1 aromatic rings. The Kier molecular flexibility index (Phi) is 4.50. The van der Waals surface area contributed by atoms with Gasteiger partial charge in [0.05, 0.1) is 6.54 Å². The molecule has 0 unspecified atom stereocenters. The van der Waals surface area contributed by atoms with Crippen molar-refractivity contribution in [1.29, 1.82) is 0 Å². The fourth-order valence-electron chi connectivity index (χ4n) is 1.29. The van der Waals surface area contributed by atoms with Crippen LogP contribution in [0.2, 0.25) is 0 Å². The highest BCUT2D eigenvalue weighted by molar-refractivity contribution is 5.80. The van der Waals surface area contributed by atoms with Crippen LogP contribution in [0, 0.1) is 0 Å². The second kappa shape index (κ2) is 5.89. The first kappa shape index (κ1) is 12.2. The van der Waals surface area contributed by atoms with Gasteiger partial charge in [0, 0.05) is 13.1 Å². The second-order valence-electron chi connectivity index (χ2n) is 3.28. The zero-order valence-corrected chi connectivity index (χ0v) is 9.60. The fraction of sp³-hybridized carbons (Fsp3) is 0.500. The van der Waals surface area contributed by atoms with Gasteiger partial charge in [0.2, 0.25) is 5.91 Å². The van der Waals surface area contributed by atoms with Crippen molar-refractivity contribution >= 4 is 17.5 Å². The van der Waals surface area contributed by atoms with Gasteiger partial charge in [-0.1, -0.05) is 0 Å². The zero-order chi connectivity index (χ0) is 12.0. The molecule has 0 bridgehead atoms. The SMILES string of the molecule is CCNC(=O)CN(CC)c1ccc(N)nn1. The Labute approximate surface area is 94.8 Å². The zero-order valence-electron chi connectivity index (χ0n) is 9.60. The molecule has 6 heteroatoms. The van der Waals surface area contributed by atoms with E-state index < -0.39 is 0 Å². The number of hydrogen-bond donors (Lipinski definition) is 2. The lowest BCUT2D eigenvalue weighted by Gasteiger charge is -2.20. The number of nitrogens with one attached hydrogen (secondary N) is 1. The van der Waals surface area contributed by atoms with Crippen molar-refractivity contribution in [3.63, 3.8) is 0 Å². The Bertz CT molecular complexity index is 338. The highest BCUT2D eigenvalue weighted by Crippen LogP contribution is 2.09. The van der Waals surface area contributed by atoms with Gasteiger partial charge in [0.25, 0.3) is 0 Å². The molecule has 1 heterocycles. The Hall–Kier alpha value is -1.85. The summed E-state index contributed by atoms with van der Waals surface area (Å²) in [6, 6.07) is 3.42. The van der Waals surface area contributed by atoms with E-state index in [4.69, 9.17) is 5.73 Å². The van der Waals surface area contributed by atoms with Crippen molar-refractivity contribution in [2.75, 3.05) is 30.3 Å². The molecule has 0 spiro atoms. The van der Waals surface area contributed by atoms with Crippen LogP contribution in [0.1, 0.15) is 13.8 Å². The minimum Gasteiger partial charge on any atom is -0.382 e. The van der Waals surface area contributed by atoms with Crippen molar-refractivity contribution in [3.05, 3.63) is 12.1 Å². The third-order valence-corrected chi connectivity index (χ3v) is 2.09. The number of nitrogens with two attached hydrogens (primary N) is 1. The number of nitrogen functional groups attached to an aromatic ring is 1. The molecule has 1 amide bonds. The molecule has 0 atom stereocenters.